The van der Waals surface area contributed by atoms with Crippen LogP contribution in [0.3, 0.4) is 0 Å². The van der Waals surface area contributed by atoms with Crippen LogP contribution in [-0.4, -0.2) is 4.98 Å². The van der Waals surface area contributed by atoms with Gasteiger partial charge in [-0.3, -0.25) is 0 Å². The van der Waals surface area contributed by atoms with Crippen molar-refractivity contribution in [1.29, 1.82) is 0 Å². The molecule has 0 bridgehead atoms. The molecule has 0 fully saturated rings. The Labute approximate surface area is 197 Å². The van der Waals surface area contributed by atoms with Gasteiger partial charge in [0, 0.05) is 27.0 Å². The van der Waals surface area contributed by atoms with E-state index in [1.54, 1.807) is 0 Å². The van der Waals surface area contributed by atoms with E-state index in [0.29, 0.717) is 0 Å². The standard InChI is InChI=1S/C30H23NOS/c1-3-11-19(12-4-1)25-26-22-16-8-10-18-24(22)33-30(26)31-28-21-15-7-9-17-23(21)32-29(27(25)28)20-13-5-2-6-14-20/h1-7,9,11-15,17,29H,8,10,16,18H2. The molecule has 3 heterocycles. The van der Waals surface area contributed by atoms with E-state index in [0.717, 1.165) is 29.0 Å². The normalized spacial score (nSPS) is 16.5. The van der Waals surface area contributed by atoms with Crippen molar-refractivity contribution in [3.05, 3.63) is 106 Å². The number of pyridine rings is 1. The zero-order valence-corrected chi connectivity index (χ0v) is 19.1. The lowest BCUT2D eigenvalue weighted by molar-refractivity contribution is 0.243. The summed E-state index contributed by atoms with van der Waals surface area (Å²) < 4.78 is 6.74. The van der Waals surface area contributed by atoms with Crippen LogP contribution in [0.2, 0.25) is 0 Å². The highest BCUT2D eigenvalue weighted by Gasteiger charge is 2.34. The highest BCUT2D eigenvalue weighted by Crippen LogP contribution is 2.52. The van der Waals surface area contributed by atoms with E-state index in [-0.39, 0.29) is 6.10 Å². The summed E-state index contributed by atoms with van der Waals surface area (Å²) in [6.07, 6.45) is 4.65. The maximum absolute atomic E-state index is 6.74. The maximum atomic E-state index is 6.74. The van der Waals surface area contributed by atoms with Crippen LogP contribution in [0.4, 0.5) is 0 Å². The molecule has 0 saturated heterocycles. The average Bonchev–Trinajstić information content (AvgIpc) is 3.26. The summed E-state index contributed by atoms with van der Waals surface area (Å²) in [6, 6.07) is 29.8. The molecule has 2 nitrogen and oxygen atoms in total. The fourth-order valence-corrected chi connectivity index (χ4v) is 6.75. The molecule has 3 heteroatoms. The molecule has 33 heavy (non-hydrogen) atoms. The van der Waals surface area contributed by atoms with Crippen molar-refractivity contribution in [1.82, 2.24) is 4.98 Å². The number of hydrogen-bond donors (Lipinski definition) is 0. The molecule has 0 spiro atoms. The second kappa shape index (κ2) is 7.57. The molecule has 0 N–H and O–H groups in total. The van der Waals surface area contributed by atoms with Gasteiger partial charge in [-0.05, 0) is 54.5 Å². The number of nitrogens with zero attached hydrogens (tertiary/aromatic N) is 1. The Bertz CT molecular complexity index is 1490. The van der Waals surface area contributed by atoms with E-state index < -0.39 is 0 Å². The molecule has 0 saturated carbocycles. The van der Waals surface area contributed by atoms with Crippen LogP contribution in [0.25, 0.3) is 32.6 Å². The highest BCUT2D eigenvalue weighted by atomic mass is 32.1. The molecule has 7 rings (SSSR count). The Morgan fingerprint density at radius 2 is 1.52 bits per heavy atom. The first kappa shape index (κ1) is 19.1. The van der Waals surface area contributed by atoms with Gasteiger partial charge in [0.05, 0.1) is 5.69 Å². The largest absolute Gasteiger partial charge is 0.480 e. The van der Waals surface area contributed by atoms with E-state index >= 15 is 0 Å². The fourth-order valence-electron chi connectivity index (χ4n) is 5.48. The number of rotatable bonds is 2. The molecule has 1 atom stereocenters. The van der Waals surface area contributed by atoms with E-state index in [1.165, 1.54) is 56.6 Å². The summed E-state index contributed by atoms with van der Waals surface area (Å²) >= 11 is 1.90. The minimum atomic E-state index is -0.192. The number of fused-ring (bicyclic) bond motifs is 6. The lowest BCUT2D eigenvalue weighted by atomic mass is 9.84. The van der Waals surface area contributed by atoms with Gasteiger partial charge in [0.1, 0.15) is 10.6 Å². The summed E-state index contributed by atoms with van der Waals surface area (Å²) in [5.74, 6) is 0.908. The van der Waals surface area contributed by atoms with Crippen molar-refractivity contribution in [2.24, 2.45) is 0 Å². The van der Waals surface area contributed by atoms with Crippen molar-refractivity contribution < 1.29 is 4.74 Å². The van der Waals surface area contributed by atoms with Crippen molar-refractivity contribution in [3.63, 3.8) is 0 Å². The Morgan fingerprint density at radius 3 is 2.36 bits per heavy atom. The summed E-state index contributed by atoms with van der Waals surface area (Å²) in [5, 5.41) is 1.35. The molecule has 5 aromatic rings. The molecule has 160 valence electrons. The van der Waals surface area contributed by atoms with Gasteiger partial charge in [-0.2, -0.15) is 0 Å². The minimum Gasteiger partial charge on any atom is -0.480 e. The molecule has 1 aliphatic carbocycles. The van der Waals surface area contributed by atoms with Gasteiger partial charge < -0.3 is 4.74 Å². The number of benzene rings is 3. The van der Waals surface area contributed by atoms with E-state index in [9.17, 15) is 0 Å². The molecule has 0 amide bonds. The monoisotopic (exact) mass is 445 g/mol. The Morgan fingerprint density at radius 1 is 0.788 bits per heavy atom. The number of hydrogen-bond acceptors (Lipinski definition) is 3. The topological polar surface area (TPSA) is 22.1 Å². The van der Waals surface area contributed by atoms with E-state index in [1.807, 2.05) is 17.4 Å². The first-order valence-corrected chi connectivity index (χ1v) is 12.5. The quantitative estimate of drug-likeness (QED) is 0.275. The van der Waals surface area contributed by atoms with E-state index in [2.05, 4.69) is 78.9 Å². The molecule has 0 radical (unpaired) electrons. The molecule has 2 aliphatic rings. The van der Waals surface area contributed by atoms with Gasteiger partial charge in [0.25, 0.3) is 0 Å². The molecule has 3 aromatic carbocycles. The summed E-state index contributed by atoms with van der Waals surface area (Å²) in [6.45, 7) is 0. The average molecular weight is 446 g/mol. The van der Waals surface area contributed by atoms with Gasteiger partial charge in [-0.1, -0.05) is 72.8 Å². The van der Waals surface area contributed by atoms with Crippen LogP contribution in [-0.2, 0) is 12.8 Å². The van der Waals surface area contributed by atoms with Crippen molar-refractivity contribution >= 4 is 21.6 Å². The summed E-state index contributed by atoms with van der Waals surface area (Å²) in [4.78, 5) is 8.05. The highest BCUT2D eigenvalue weighted by molar-refractivity contribution is 7.19. The van der Waals surface area contributed by atoms with Crippen LogP contribution >= 0.6 is 11.3 Å². The SMILES string of the molecule is c1ccc(-c2c3c(nc4sc5c(c24)CCCC5)-c2ccccc2OC3c2ccccc2)cc1. The smallest absolute Gasteiger partial charge is 0.152 e. The van der Waals surface area contributed by atoms with Crippen molar-refractivity contribution in [3.8, 4) is 28.1 Å². The summed E-state index contributed by atoms with van der Waals surface area (Å²) in [7, 11) is 0. The predicted molar refractivity (Wildman–Crippen MR) is 136 cm³/mol. The van der Waals surface area contributed by atoms with Crippen molar-refractivity contribution in [2.75, 3.05) is 0 Å². The van der Waals surface area contributed by atoms with Gasteiger partial charge in [0.15, 0.2) is 6.10 Å². The molecule has 2 aromatic heterocycles. The van der Waals surface area contributed by atoms with Crippen LogP contribution in [0.5, 0.6) is 5.75 Å². The van der Waals surface area contributed by atoms with Crippen LogP contribution in [0.1, 0.15) is 40.5 Å². The second-order valence-electron chi connectivity index (χ2n) is 8.91. The van der Waals surface area contributed by atoms with Gasteiger partial charge in [-0.15, -0.1) is 11.3 Å². The van der Waals surface area contributed by atoms with E-state index in [4.69, 9.17) is 9.72 Å². The lowest BCUT2D eigenvalue weighted by Gasteiger charge is -2.31. The molecular weight excluding hydrogens is 422 g/mol. The minimum absolute atomic E-state index is 0.192. The molecular formula is C30H23NOS. The Balaban J connectivity index is 1.65. The van der Waals surface area contributed by atoms with Crippen LogP contribution in [0.15, 0.2) is 84.9 Å². The molecule has 1 unspecified atom stereocenters. The number of ether oxygens (including phenoxy) is 1. The Kier molecular flexibility index (Phi) is 4.37. The predicted octanol–water partition coefficient (Wildman–Crippen LogP) is 7.99. The lowest BCUT2D eigenvalue weighted by Crippen LogP contribution is -2.18. The first-order chi connectivity index (χ1) is 16.4. The number of para-hydroxylation sites is 1. The Hall–Kier alpha value is -3.43. The van der Waals surface area contributed by atoms with Crippen LogP contribution < -0.4 is 4.74 Å². The summed E-state index contributed by atoms with van der Waals surface area (Å²) in [5.41, 5.74) is 8.58. The third-order valence-corrected chi connectivity index (χ3v) is 8.14. The number of aromatic nitrogens is 1. The third-order valence-electron chi connectivity index (χ3n) is 6.95. The zero-order valence-electron chi connectivity index (χ0n) is 18.3. The fraction of sp³-hybridized carbons (Fsp3) is 0.167. The first-order valence-electron chi connectivity index (χ1n) is 11.7. The zero-order chi connectivity index (χ0) is 21.8. The third kappa shape index (κ3) is 2.96. The second-order valence-corrected chi connectivity index (χ2v) is 9.99. The van der Waals surface area contributed by atoms with Crippen molar-refractivity contribution in [2.45, 2.75) is 31.8 Å². The maximum Gasteiger partial charge on any atom is 0.152 e. The van der Waals surface area contributed by atoms with Gasteiger partial charge in [0.2, 0.25) is 0 Å². The number of aryl methyl sites for hydroxylation is 2. The van der Waals surface area contributed by atoms with Gasteiger partial charge >= 0.3 is 0 Å². The van der Waals surface area contributed by atoms with Gasteiger partial charge in [-0.25, -0.2) is 4.98 Å². The molecule has 1 aliphatic heterocycles. The number of thiophene rings is 1. The van der Waals surface area contributed by atoms with Crippen LogP contribution in [0, 0.1) is 0 Å².